The fourth-order valence-corrected chi connectivity index (χ4v) is 4.02. The molecule has 0 saturated heterocycles. The zero-order valence-electron chi connectivity index (χ0n) is 18.2. The number of ether oxygens (including phenoxy) is 3. The van der Waals surface area contributed by atoms with Gasteiger partial charge in [-0.2, -0.15) is 0 Å². The summed E-state index contributed by atoms with van der Waals surface area (Å²) in [6, 6.07) is 15.8. The SMILES string of the molecule is CCOc1ccc(-c2nc(NC(=O)C3(c4ccc5c(c4)OC(F)(F)O5)CC3)ccc2C)cc1. The van der Waals surface area contributed by atoms with E-state index in [9.17, 15) is 13.6 Å². The molecule has 1 aliphatic carbocycles. The first kappa shape index (κ1) is 21.2. The third-order valence-electron chi connectivity index (χ3n) is 5.92. The molecule has 1 aromatic heterocycles. The van der Waals surface area contributed by atoms with E-state index in [0.717, 1.165) is 22.6 Å². The van der Waals surface area contributed by atoms with Gasteiger partial charge in [0, 0.05) is 5.56 Å². The van der Waals surface area contributed by atoms with Crippen LogP contribution < -0.4 is 19.5 Å². The summed E-state index contributed by atoms with van der Waals surface area (Å²) in [4.78, 5) is 17.8. The quantitative estimate of drug-likeness (QED) is 0.539. The molecule has 2 aliphatic rings. The van der Waals surface area contributed by atoms with E-state index in [2.05, 4.69) is 19.8 Å². The molecule has 0 radical (unpaired) electrons. The monoisotopic (exact) mass is 452 g/mol. The first-order valence-electron chi connectivity index (χ1n) is 10.7. The number of hydrogen-bond acceptors (Lipinski definition) is 5. The third kappa shape index (κ3) is 3.97. The Balaban J connectivity index is 1.37. The summed E-state index contributed by atoms with van der Waals surface area (Å²) in [5, 5.41) is 2.90. The molecule has 170 valence electrons. The van der Waals surface area contributed by atoms with Crippen LogP contribution in [-0.2, 0) is 10.2 Å². The molecule has 2 aromatic carbocycles. The number of alkyl halides is 2. The van der Waals surface area contributed by atoms with Crippen molar-refractivity contribution in [3.63, 3.8) is 0 Å². The number of amides is 1. The van der Waals surface area contributed by atoms with Gasteiger partial charge in [0.1, 0.15) is 11.6 Å². The highest BCUT2D eigenvalue weighted by Crippen LogP contribution is 2.52. The number of aryl methyl sites for hydroxylation is 1. The molecular formula is C25H22F2N2O4. The number of anilines is 1. The van der Waals surface area contributed by atoms with Gasteiger partial charge in [0.2, 0.25) is 5.91 Å². The van der Waals surface area contributed by atoms with Crippen LogP contribution in [0.1, 0.15) is 30.9 Å². The molecule has 8 heteroatoms. The number of hydrogen-bond donors (Lipinski definition) is 1. The largest absolute Gasteiger partial charge is 0.586 e. The van der Waals surface area contributed by atoms with Crippen molar-refractivity contribution in [2.45, 2.75) is 38.4 Å². The average molecular weight is 452 g/mol. The van der Waals surface area contributed by atoms with Gasteiger partial charge in [-0.15, -0.1) is 8.78 Å². The number of aromatic nitrogens is 1. The van der Waals surface area contributed by atoms with E-state index in [0.29, 0.717) is 30.8 Å². The summed E-state index contributed by atoms with van der Waals surface area (Å²) in [5.41, 5.74) is 2.44. The summed E-state index contributed by atoms with van der Waals surface area (Å²) in [7, 11) is 0. The van der Waals surface area contributed by atoms with Crippen molar-refractivity contribution in [3.05, 3.63) is 65.7 Å². The molecule has 1 aliphatic heterocycles. The summed E-state index contributed by atoms with van der Waals surface area (Å²) < 4.78 is 41.2. The van der Waals surface area contributed by atoms with Gasteiger partial charge in [0.05, 0.1) is 17.7 Å². The minimum atomic E-state index is -3.69. The molecule has 5 rings (SSSR count). The summed E-state index contributed by atoms with van der Waals surface area (Å²) in [6.07, 6.45) is -2.48. The molecule has 3 aromatic rings. The third-order valence-corrected chi connectivity index (χ3v) is 5.92. The maximum absolute atomic E-state index is 13.4. The molecule has 1 amide bonds. The van der Waals surface area contributed by atoms with Crippen molar-refractivity contribution >= 4 is 11.7 Å². The minimum Gasteiger partial charge on any atom is -0.494 e. The highest BCUT2D eigenvalue weighted by Gasteiger charge is 2.53. The molecule has 1 fully saturated rings. The van der Waals surface area contributed by atoms with Crippen LogP contribution in [0.15, 0.2) is 54.6 Å². The first-order chi connectivity index (χ1) is 15.8. The standard InChI is InChI=1S/C25H22F2N2O4/c1-3-31-18-8-5-16(6-9-18)22-15(2)4-11-21(28-22)29-23(30)24(12-13-24)17-7-10-19-20(14-17)33-25(26,27)32-19/h4-11,14H,3,12-13H2,1-2H3,(H,28,29,30). The minimum absolute atomic E-state index is 0.0415. The summed E-state index contributed by atoms with van der Waals surface area (Å²) >= 11 is 0. The Morgan fingerprint density at radius 1 is 1.06 bits per heavy atom. The van der Waals surface area contributed by atoms with Crippen LogP contribution in [-0.4, -0.2) is 23.8 Å². The van der Waals surface area contributed by atoms with E-state index < -0.39 is 11.7 Å². The highest BCUT2D eigenvalue weighted by molar-refractivity contribution is 6.01. The van der Waals surface area contributed by atoms with Gasteiger partial charge in [-0.3, -0.25) is 4.79 Å². The zero-order valence-corrected chi connectivity index (χ0v) is 18.2. The molecule has 1 N–H and O–H groups in total. The van der Waals surface area contributed by atoms with Crippen LogP contribution in [0.5, 0.6) is 17.2 Å². The Hall–Kier alpha value is -3.68. The smallest absolute Gasteiger partial charge is 0.494 e. The number of benzene rings is 2. The second kappa shape index (κ2) is 7.72. The second-order valence-corrected chi connectivity index (χ2v) is 8.18. The number of halogens is 2. The lowest BCUT2D eigenvalue weighted by atomic mass is 9.94. The maximum atomic E-state index is 13.4. The van der Waals surface area contributed by atoms with Gasteiger partial charge in [-0.25, -0.2) is 4.98 Å². The number of carbonyl (C=O) groups excluding carboxylic acids is 1. The fraction of sp³-hybridized carbons (Fsp3) is 0.280. The maximum Gasteiger partial charge on any atom is 0.586 e. The van der Waals surface area contributed by atoms with Crippen molar-refractivity contribution in [3.8, 4) is 28.5 Å². The van der Waals surface area contributed by atoms with Crippen molar-refractivity contribution in [2.75, 3.05) is 11.9 Å². The van der Waals surface area contributed by atoms with E-state index in [4.69, 9.17) is 4.74 Å². The van der Waals surface area contributed by atoms with Crippen LogP contribution in [0.4, 0.5) is 14.6 Å². The van der Waals surface area contributed by atoms with E-state index in [1.807, 2.05) is 44.2 Å². The predicted octanol–water partition coefficient (Wildman–Crippen LogP) is 5.45. The lowest BCUT2D eigenvalue weighted by Gasteiger charge is -2.17. The van der Waals surface area contributed by atoms with Crippen LogP contribution in [0.25, 0.3) is 11.3 Å². The van der Waals surface area contributed by atoms with Gasteiger partial charge < -0.3 is 19.5 Å². The van der Waals surface area contributed by atoms with Crippen LogP contribution in [0.2, 0.25) is 0 Å². The molecule has 2 heterocycles. The molecule has 0 atom stereocenters. The van der Waals surface area contributed by atoms with Crippen LogP contribution >= 0.6 is 0 Å². The molecule has 33 heavy (non-hydrogen) atoms. The topological polar surface area (TPSA) is 69.7 Å². The first-order valence-corrected chi connectivity index (χ1v) is 10.7. The van der Waals surface area contributed by atoms with Gasteiger partial charge in [0.15, 0.2) is 11.5 Å². The number of pyridine rings is 1. The van der Waals surface area contributed by atoms with E-state index in [-0.39, 0.29) is 17.4 Å². The number of nitrogens with zero attached hydrogens (tertiary/aromatic N) is 1. The summed E-state index contributed by atoms with van der Waals surface area (Å²) in [6.45, 7) is 4.47. The molecule has 0 bridgehead atoms. The molecular weight excluding hydrogens is 430 g/mol. The molecule has 0 unspecified atom stereocenters. The molecule has 6 nitrogen and oxygen atoms in total. The highest BCUT2D eigenvalue weighted by atomic mass is 19.3. The number of rotatable bonds is 6. The van der Waals surface area contributed by atoms with E-state index in [1.165, 1.54) is 12.1 Å². The Labute approximate surface area is 189 Å². The van der Waals surface area contributed by atoms with E-state index >= 15 is 0 Å². The summed E-state index contributed by atoms with van der Waals surface area (Å²) in [5.74, 6) is 0.860. The van der Waals surface area contributed by atoms with Crippen LogP contribution in [0.3, 0.4) is 0 Å². The van der Waals surface area contributed by atoms with E-state index in [1.54, 1.807) is 12.1 Å². The van der Waals surface area contributed by atoms with Crippen molar-refractivity contribution in [1.29, 1.82) is 0 Å². The van der Waals surface area contributed by atoms with Gasteiger partial charge >= 0.3 is 6.29 Å². The molecule has 0 spiro atoms. The van der Waals surface area contributed by atoms with Crippen molar-refractivity contribution in [2.24, 2.45) is 0 Å². The van der Waals surface area contributed by atoms with Gasteiger partial charge in [0.25, 0.3) is 0 Å². The number of fused-ring (bicyclic) bond motifs is 1. The fourth-order valence-electron chi connectivity index (χ4n) is 4.02. The molecule has 1 saturated carbocycles. The Morgan fingerprint density at radius 3 is 2.48 bits per heavy atom. The average Bonchev–Trinajstić information content (AvgIpc) is 3.53. The van der Waals surface area contributed by atoms with Gasteiger partial charge in [-0.1, -0.05) is 12.1 Å². The van der Waals surface area contributed by atoms with Gasteiger partial charge in [-0.05, 0) is 80.3 Å². The Bertz CT molecular complexity index is 1220. The lowest BCUT2D eigenvalue weighted by molar-refractivity contribution is -0.286. The normalized spacial score (nSPS) is 16.8. The van der Waals surface area contributed by atoms with Crippen molar-refractivity contribution in [1.82, 2.24) is 4.98 Å². The van der Waals surface area contributed by atoms with Crippen LogP contribution in [0, 0.1) is 6.92 Å². The number of carbonyl (C=O) groups is 1. The van der Waals surface area contributed by atoms with Crippen molar-refractivity contribution < 1.29 is 27.8 Å². The number of nitrogens with one attached hydrogen (secondary N) is 1. The Morgan fingerprint density at radius 2 is 1.79 bits per heavy atom. The Kier molecular flexibility index (Phi) is 4.96. The predicted molar refractivity (Wildman–Crippen MR) is 118 cm³/mol. The lowest BCUT2D eigenvalue weighted by Crippen LogP contribution is -2.28. The zero-order chi connectivity index (χ0) is 23.2. The second-order valence-electron chi connectivity index (χ2n) is 8.18.